The molecule has 90 valence electrons. The van der Waals surface area contributed by atoms with Crippen LogP contribution < -0.4 is 15.9 Å². The van der Waals surface area contributed by atoms with Crippen LogP contribution in [0.5, 0.6) is 0 Å². The van der Waals surface area contributed by atoms with Gasteiger partial charge in [-0.2, -0.15) is 0 Å². The maximum atomic E-state index is 10.9. The van der Waals surface area contributed by atoms with Crippen LogP contribution >= 0.6 is 22.9 Å². The SMILES string of the molecule is Nc1cc(Cl)cc(CNCc2csc(=O)[nH]2)c1. The third-order valence-electron chi connectivity index (χ3n) is 2.20. The van der Waals surface area contributed by atoms with Crippen LogP contribution in [-0.4, -0.2) is 4.98 Å². The first kappa shape index (κ1) is 12.2. The topological polar surface area (TPSA) is 70.9 Å². The summed E-state index contributed by atoms with van der Waals surface area (Å²) in [4.78, 5) is 13.6. The molecular formula is C11H12ClN3OS. The molecule has 2 aromatic rings. The van der Waals surface area contributed by atoms with Gasteiger partial charge in [-0.15, -0.1) is 0 Å². The van der Waals surface area contributed by atoms with E-state index in [0.29, 0.717) is 23.8 Å². The Morgan fingerprint density at radius 3 is 2.82 bits per heavy atom. The molecule has 0 aliphatic rings. The highest BCUT2D eigenvalue weighted by atomic mass is 35.5. The number of halogens is 1. The maximum absolute atomic E-state index is 10.9. The van der Waals surface area contributed by atoms with Gasteiger partial charge in [0.05, 0.1) is 0 Å². The predicted molar refractivity (Wildman–Crippen MR) is 71.3 cm³/mol. The van der Waals surface area contributed by atoms with Gasteiger partial charge in [-0.3, -0.25) is 4.79 Å². The Kier molecular flexibility index (Phi) is 3.83. The Balaban J connectivity index is 1.91. The maximum Gasteiger partial charge on any atom is 0.304 e. The van der Waals surface area contributed by atoms with Crippen LogP contribution in [0.2, 0.25) is 5.02 Å². The van der Waals surface area contributed by atoms with Crippen LogP contribution in [0.1, 0.15) is 11.3 Å². The van der Waals surface area contributed by atoms with E-state index >= 15 is 0 Å². The van der Waals surface area contributed by atoms with Gasteiger partial charge in [0.2, 0.25) is 0 Å². The molecular weight excluding hydrogens is 258 g/mol. The molecule has 0 saturated carbocycles. The predicted octanol–water partition coefficient (Wildman–Crippen LogP) is 1.96. The molecule has 1 aromatic carbocycles. The highest BCUT2D eigenvalue weighted by Crippen LogP contribution is 2.16. The molecule has 0 radical (unpaired) electrons. The Morgan fingerprint density at radius 1 is 1.35 bits per heavy atom. The van der Waals surface area contributed by atoms with E-state index in [1.165, 1.54) is 0 Å². The van der Waals surface area contributed by atoms with Gasteiger partial charge < -0.3 is 16.0 Å². The first-order valence-electron chi connectivity index (χ1n) is 5.06. The average Bonchev–Trinajstić information content (AvgIpc) is 2.63. The number of rotatable bonds is 4. The van der Waals surface area contributed by atoms with Crippen molar-refractivity contribution in [2.24, 2.45) is 0 Å². The van der Waals surface area contributed by atoms with Crippen molar-refractivity contribution >= 4 is 28.6 Å². The lowest BCUT2D eigenvalue weighted by atomic mass is 10.2. The minimum atomic E-state index is -0.0335. The number of benzene rings is 1. The lowest BCUT2D eigenvalue weighted by Gasteiger charge is -2.05. The minimum Gasteiger partial charge on any atom is -0.399 e. The molecule has 0 bridgehead atoms. The Labute approximate surface area is 107 Å². The lowest BCUT2D eigenvalue weighted by molar-refractivity contribution is 0.682. The highest BCUT2D eigenvalue weighted by molar-refractivity contribution is 7.07. The number of nitrogens with one attached hydrogen (secondary N) is 2. The van der Waals surface area contributed by atoms with E-state index in [2.05, 4.69) is 10.3 Å². The molecule has 0 unspecified atom stereocenters. The van der Waals surface area contributed by atoms with Crippen LogP contribution in [-0.2, 0) is 13.1 Å². The van der Waals surface area contributed by atoms with Crippen molar-refractivity contribution in [3.8, 4) is 0 Å². The van der Waals surface area contributed by atoms with Gasteiger partial charge >= 0.3 is 4.87 Å². The van der Waals surface area contributed by atoms with Crippen molar-refractivity contribution in [2.75, 3.05) is 5.73 Å². The van der Waals surface area contributed by atoms with Crippen molar-refractivity contribution in [1.82, 2.24) is 10.3 Å². The Morgan fingerprint density at radius 2 is 2.18 bits per heavy atom. The number of nitrogens with two attached hydrogens (primary N) is 1. The second kappa shape index (κ2) is 5.35. The molecule has 0 spiro atoms. The normalized spacial score (nSPS) is 10.6. The van der Waals surface area contributed by atoms with Crippen molar-refractivity contribution in [1.29, 1.82) is 0 Å². The van der Waals surface area contributed by atoms with E-state index in [-0.39, 0.29) is 4.87 Å². The van der Waals surface area contributed by atoms with E-state index in [9.17, 15) is 4.79 Å². The third kappa shape index (κ3) is 3.59. The number of nitrogen functional groups attached to an aromatic ring is 1. The zero-order valence-electron chi connectivity index (χ0n) is 9.00. The van der Waals surface area contributed by atoms with Crippen LogP contribution in [0.15, 0.2) is 28.4 Å². The summed E-state index contributed by atoms with van der Waals surface area (Å²) in [6, 6.07) is 5.44. The van der Waals surface area contributed by atoms with Gasteiger partial charge in [0, 0.05) is 34.9 Å². The van der Waals surface area contributed by atoms with Crippen LogP contribution in [0.4, 0.5) is 5.69 Å². The van der Waals surface area contributed by atoms with Gasteiger partial charge in [-0.1, -0.05) is 22.9 Å². The van der Waals surface area contributed by atoms with Gasteiger partial charge in [0.25, 0.3) is 0 Å². The van der Waals surface area contributed by atoms with Gasteiger partial charge in [0.15, 0.2) is 0 Å². The second-order valence-corrected chi connectivity index (χ2v) is 4.95. The van der Waals surface area contributed by atoms with Crippen LogP contribution in [0.3, 0.4) is 0 Å². The minimum absolute atomic E-state index is 0.0335. The summed E-state index contributed by atoms with van der Waals surface area (Å²) in [6.45, 7) is 1.27. The number of hydrogen-bond acceptors (Lipinski definition) is 4. The molecule has 4 N–H and O–H groups in total. The number of aromatic amines is 1. The van der Waals surface area contributed by atoms with Gasteiger partial charge in [-0.05, 0) is 23.8 Å². The third-order valence-corrected chi connectivity index (χ3v) is 3.13. The molecule has 4 nitrogen and oxygen atoms in total. The molecule has 0 amide bonds. The van der Waals surface area contributed by atoms with E-state index in [1.807, 2.05) is 17.5 Å². The second-order valence-electron chi connectivity index (χ2n) is 3.67. The van der Waals surface area contributed by atoms with Crippen molar-refractivity contribution in [3.05, 3.63) is 49.5 Å². The summed E-state index contributed by atoms with van der Waals surface area (Å²) in [6.07, 6.45) is 0. The Hall–Kier alpha value is -1.30. The summed E-state index contributed by atoms with van der Waals surface area (Å²) in [7, 11) is 0. The van der Waals surface area contributed by atoms with Crippen LogP contribution in [0.25, 0.3) is 0 Å². The number of H-pyrrole nitrogens is 1. The average molecular weight is 270 g/mol. The molecule has 0 aliphatic heterocycles. The summed E-state index contributed by atoms with van der Waals surface area (Å²) >= 11 is 7.06. The molecule has 0 aliphatic carbocycles. The fourth-order valence-electron chi connectivity index (χ4n) is 1.52. The van der Waals surface area contributed by atoms with E-state index in [4.69, 9.17) is 17.3 Å². The van der Waals surface area contributed by atoms with Gasteiger partial charge in [-0.25, -0.2) is 0 Å². The monoisotopic (exact) mass is 269 g/mol. The molecule has 1 aromatic heterocycles. The fraction of sp³-hybridized carbons (Fsp3) is 0.182. The zero-order chi connectivity index (χ0) is 12.3. The lowest BCUT2D eigenvalue weighted by Crippen LogP contribution is -2.13. The summed E-state index contributed by atoms with van der Waals surface area (Å²) < 4.78 is 0. The molecule has 0 atom stereocenters. The molecule has 2 rings (SSSR count). The largest absolute Gasteiger partial charge is 0.399 e. The zero-order valence-corrected chi connectivity index (χ0v) is 10.6. The molecule has 0 fully saturated rings. The summed E-state index contributed by atoms with van der Waals surface area (Å²) in [5.74, 6) is 0. The number of hydrogen-bond donors (Lipinski definition) is 3. The van der Waals surface area contributed by atoms with Gasteiger partial charge in [0.1, 0.15) is 0 Å². The standard InChI is InChI=1S/C11H12ClN3OS/c12-8-1-7(2-9(13)3-8)4-14-5-10-6-17-11(16)15-10/h1-3,6,14H,4-5,13H2,(H,15,16). The van der Waals surface area contributed by atoms with E-state index < -0.39 is 0 Å². The van der Waals surface area contributed by atoms with Crippen molar-refractivity contribution in [3.63, 3.8) is 0 Å². The highest BCUT2D eigenvalue weighted by Gasteiger charge is 1.99. The van der Waals surface area contributed by atoms with E-state index in [1.54, 1.807) is 6.07 Å². The number of aromatic nitrogens is 1. The summed E-state index contributed by atoms with van der Waals surface area (Å²) in [5, 5.41) is 5.65. The fourth-order valence-corrected chi connectivity index (χ4v) is 2.37. The number of thiazole rings is 1. The van der Waals surface area contributed by atoms with Crippen molar-refractivity contribution in [2.45, 2.75) is 13.1 Å². The Bertz CT molecular complexity index is 544. The first-order chi connectivity index (χ1) is 8.13. The van der Waals surface area contributed by atoms with Crippen molar-refractivity contribution < 1.29 is 0 Å². The molecule has 17 heavy (non-hydrogen) atoms. The van der Waals surface area contributed by atoms with Crippen LogP contribution in [0, 0.1) is 0 Å². The molecule has 1 heterocycles. The summed E-state index contributed by atoms with van der Waals surface area (Å²) in [5.41, 5.74) is 8.24. The molecule has 6 heteroatoms. The smallest absolute Gasteiger partial charge is 0.304 e. The van der Waals surface area contributed by atoms with E-state index in [0.717, 1.165) is 22.6 Å². The number of anilines is 1. The first-order valence-corrected chi connectivity index (χ1v) is 6.31. The molecule has 0 saturated heterocycles. The quantitative estimate of drug-likeness (QED) is 0.743.